The first-order valence-electron chi connectivity index (χ1n) is 7.02. The van der Waals surface area contributed by atoms with Crippen molar-refractivity contribution in [3.63, 3.8) is 0 Å². The minimum Gasteiger partial charge on any atom is -0.497 e. The second kappa shape index (κ2) is 6.41. The van der Waals surface area contributed by atoms with Crippen molar-refractivity contribution >= 4 is 0 Å². The van der Waals surface area contributed by atoms with Gasteiger partial charge < -0.3 is 15.2 Å². The molecule has 0 bridgehead atoms. The minimum atomic E-state index is -0.471. The number of ether oxygens (including phenoxy) is 1. The smallest absolute Gasteiger partial charge is 0.110 e. The van der Waals surface area contributed by atoms with Crippen molar-refractivity contribution in [2.24, 2.45) is 0 Å². The van der Waals surface area contributed by atoms with Crippen molar-refractivity contribution in [2.75, 3.05) is 13.1 Å². The molecule has 17 heavy (non-hydrogen) atoms. The molecule has 1 aliphatic carbocycles. The van der Waals surface area contributed by atoms with Crippen molar-refractivity contribution in [1.82, 2.24) is 5.32 Å². The third-order valence-corrected chi connectivity index (χ3v) is 3.88. The van der Waals surface area contributed by atoms with Crippen LogP contribution in [0.4, 0.5) is 0 Å². The van der Waals surface area contributed by atoms with Crippen LogP contribution in [0.15, 0.2) is 12.3 Å². The van der Waals surface area contributed by atoms with Crippen LogP contribution in [0, 0.1) is 0 Å². The Morgan fingerprint density at radius 1 is 1.24 bits per heavy atom. The maximum atomic E-state index is 10.5. The SMILES string of the molecule is OC1(CNCC2CCC=CO2)CCCCCC1. The molecule has 0 aromatic heterocycles. The molecule has 0 aromatic rings. The van der Waals surface area contributed by atoms with E-state index in [9.17, 15) is 5.11 Å². The maximum Gasteiger partial charge on any atom is 0.110 e. The molecule has 1 atom stereocenters. The van der Waals surface area contributed by atoms with Crippen LogP contribution in [0.25, 0.3) is 0 Å². The third kappa shape index (κ3) is 4.32. The number of hydrogen-bond donors (Lipinski definition) is 2. The molecule has 1 saturated carbocycles. The van der Waals surface area contributed by atoms with Gasteiger partial charge in [-0.1, -0.05) is 25.7 Å². The molecule has 2 rings (SSSR count). The molecular weight excluding hydrogens is 214 g/mol. The molecule has 3 heteroatoms. The van der Waals surface area contributed by atoms with Crippen LogP contribution >= 0.6 is 0 Å². The summed E-state index contributed by atoms with van der Waals surface area (Å²) in [5.41, 5.74) is -0.471. The summed E-state index contributed by atoms with van der Waals surface area (Å²) in [6.45, 7) is 1.57. The van der Waals surface area contributed by atoms with E-state index < -0.39 is 5.60 Å². The summed E-state index contributed by atoms with van der Waals surface area (Å²) in [6, 6.07) is 0. The predicted octanol–water partition coefficient (Wildman–Crippen LogP) is 2.35. The second-order valence-electron chi connectivity index (χ2n) is 5.48. The van der Waals surface area contributed by atoms with Gasteiger partial charge in [-0.3, -0.25) is 0 Å². The van der Waals surface area contributed by atoms with Crippen molar-refractivity contribution in [3.05, 3.63) is 12.3 Å². The molecule has 0 radical (unpaired) electrons. The molecule has 0 aromatic carbocycles. The zero-order chi connectivity index (χ0) is 12.0. The number of allylic oxidation sites excluding steroid dienone is 1. The summed E-state index contributed by atoms with van der Waals surface area (Å²) in [5.74, 6) is 0. The van der Waals surface area contributed by atoms with E-state index >= 15 is 0 Å². The molecule has 0 amide bonds. The van der Waals surface area contributed by atoms with E-state index in [2.05, 4.69) is 11.4 Å². The van der Waals surface area contributed by atoms with Gasteiger partial charge in [0.15, 0.2) is 0 Å². The number of nitrogens with one attached hydrogen (secondary N) is 1. The van der Waals surface area contributed by atoms with Crippen molar-refractivity contribution in [3.8, 4) is 0 Å². The molecule has 0 saturated heterocycles. The first kappa shape index (κ1) is 12.9. The topological polar surface area (TPSA) is 41.5 Å². The van der Waals surface area contributed by atoms with E-state index in [0.29, 0.717) is 0 Å². The van der Waals surface area contributed by atoms with Crippen LogP contribution in [0.2, 0.25) is 0 Å². The lowest BCUT2D eigenvalue weighted by atomic mass is 9.94. The second-order valence-corrected chi connectivity index (χ2v) is 5.48. The van der Waals surface area contributed by atoms with Gasteiger partial charge >= 0.3 is 0 Å². The Hall–Kier alpha value is -0.540. The summed E-state index contributed by atoms with van der Waals surface area (Å²) in [6.07, 6.45) is 13.1. The van der Waals surface area contributed by atoms with Gasteiger partial charge in [-0.15, -0.1) is 0 Å². The summed E-state index contributed by atoms with van der Waals surface area (Å²) in [4.78, 5) is 0. The average Bonchev–Trinajstić information content (AvgIpc) is 2.56. The van der Waals surface area contributed by atoms with E-state index in [0.717, 1.165) is 38.8 Å². The lowest BCUT2D eigenvalue weighted by molar-refractivity contribution is 0.0210. The fraction of sp³-hybridized carbons (Fsp3) is 0.857. The summed E-state index contributed by atoms with van der Waals surface area (Å²) >= 11 is 0. The highest BCUT2D eigenvalue weighted by atomic mass is 16.5. The number of aliphatic hydroxyl groups is 1. The molecule has 2 N–H and O–H groups in total. The quantitative estimate of drug-likeness (QED) is 0.740. The Labute approximate surface area is 104 Å². The predicted molar refractivity (Wildman–Crippen MR) is 68.8 cm³/mol. The lowest BCUT2D eigenvalue weighted by Crippen LogP contribution is -2.43. The zero-order valence-electron chi connectivity index (χ0n) is 10.7. The standard InChI is InChI=1S/C14H25NO2/c16-14(8-4-1-2-5-9-14)12-15-11-13-7-3-6-10-17-13/h6,10,13,15-16H,1-5,7-9,11-12H2. The normalized spacial score (nSPS) is 28.4. The van der Waals surface area contributed by atoms with Crippen LogP contribution in [0.5, 0.6) is 0 Å². The summed E-state index contributed by atoms with van der Waals surface area (Å²) in [5, 5.41) is 13.8. The van der Waals surface area contributed by atoms with E-state index in [4.69, 9.17) is 4.74 Å². The van der Waals surface area contributed by atoms with Gasteiger partial charge in [0.25, 0.3) is 0 Å². The van der Waals surface area contributed by atoms with E-state index in [1.54, 1.807) is 6.26 Å². The van der Waals surface area contributed by atoms with Crippen LogP contribution in [-0.4, -0.2) is 29.9 Å². The van der Waals surface area contributed by atoms with Gasteiger partial charge in [0.2, 0.25) is 0 Å². The zero-order valence-corrected chi connectivity index (χ0v) is 10.7. The molecule has 2 aliphatic rings. The third-order valence-electron chi connectivity index (χ3n) is 3.88. The molecule has 0 spiro atoms. The maximum absolute atomic E-state index is 10.5. The monoisotopic (exact) mass is 239 g/mol. The average molecular weight is 239 g/mol. The van der Waals surface area contributed by atoms with Crippen LogP contribution < -0.4 is 5.32 Å². The highest BCUT2D eigenvalue weighted by Gasteiger charge is 2.27. The van der Waals surface area contributed by atoms with Gasteiger partial charge in [-0.25, -0.2) is 0 Å². The fourth-order valence-corrected chi connectivity index (χ4v) is 2.76. The van der Waals surface area contributed by atoms with E-state index in [-0.39, 0.29) is 6.10 Å². The Morgan fingerprint density at radius 3 is 2.65 bits per heavy atom. The Morgan fingerprint density at radius 2 is 2.00 bits per heavy atom. The molecule has 1 unspecified atom stereocenters. The Bertz CT molecular complexity index is 245. The van der Waals surface area contributed by atoms with Gasteiger partial charge in [0, 0.05) is 13.1 Å². The Kier molecular flexibility index (Phi) is 4.86. The lowest BCUT2D eigenvalue weighted by Gasteiger charge is -2.28. The summed E-state index contributed by atoms with van der Waals surface area (Å²) < 4.78 is 5.50. The number of hydrogen-bond acceptors (Lipinski definition) is 3. The largest absolute Gasteiger partial charge is 0.497 e. The van der Waals surface area contributed by atoms with Crippen molar-refractivity contribution < 1.29 is 9.84 Å². The van der Waals surface area contributed by atoms with Gasteiger partial charge in [0.05, 0.1) is 11.9 Å². The van der Waals surface area contributed by atoms with E-state index in [1.165, 1.54) is 25.7 Å². The number of rotatable bonds is 4. The molecular formula is C14H25NO2. The minimum absolute atomic E-state index is 0.286. The first-order chi connectivity index (χ1) is 8.29. The molecule has 98 valence electrons. The van der Waals surface area contributed by atoms with Crippen molar-refractivity contribution in [2.45, 2.75) is 63.1 Å². The van der Waals surface area contributed by atoms with Crippen LogP contribution in [0.3, 0.4) is 0 Å². The highest BCUT2D eigenvalue weighted by molar-refractivity contribution is 4.86. The molecule has 3 nitrogen and oxygen atoms in total. The molecule has 1 heterocycles. The summed E-state index contributed by atoms with van der Waals surface area (Å²) in [7, 11) is 0. The van der Waals surface area contributed by atoms with Crippen LogP contribution in [0.1, 0.15) is 51.4 Å². The van der Waals surface area contributed by atoms with Gasteiger partial charge in [-0.2, -0.15) is 0 Å². The Balaban J connectivity index is 1.67. The molecule has 1 fully saturated rings. The van der Waals surface area contributed by atoms with Gasteiger partial charge in [-0.05, 0) is 31.8 Å². The van der Waals surface area contributed by atoms with Gasteiger partial charge in [0.1, 0.15) is 6.10 Å². The highest BCUT2D eigenvalue weighted by Crippen LogP contribution is 2.26. The molecule has 1 aliphatic heterocycles. The van der Waals surface area contributed by atoms with Crippen LogP contribution in [-0.2, 0) is 4.74 Å². The first-order valence-corrected chi connectivity index (χ1v) is 7.02. The van der Waals surface area contributed by atoms with E-state index in [1.807, 2.05) is 0 Å². The van der Waals surface area contributed by atoms with Crippen molar-refractivity contribution in [1.29, 1.82) is 0 Å². The fourth-order valence-electron chi connectivity index (χ4n) is 2.76.